The minimum absolute atomic E-state index is 0. The topological polar surface area (TPSA) is 50.4 Å². The molecule has 2 N–H and O–H groups in total. The van der Waals surface area contributed by atoms with Gasteiger partial charge < -0.3 is 15.4 Å². The van der Waals surface area contributed by atoms with Crippen LogP contribution in [-0.4, -0.2) is 31.6 Å². The number of nitrogens with one attached hydrogen (secondary N) is 2. The normalized spacial score (nSPS) is 18.6. The maximum absolute atomic E-state index is 12.3. The summed E-state index contributed by atoms with van der Waals surface area (Å²) in [5, 5.41) is 6.44. The van der Waals surface area contributed by atoms with Crippen LogP contribution in [0.15, 0.2) is 24.3 Å². The quantitative estimate of drug-likeness (QED) is 0.802. The van der Waals surface area contributed by atoms with Crippen LogP contribution < -0.4 is 15.4 Å². The Bertz CT molecular complexity index is 476. The Morgan fingerprint density at radius 2 is 2.22 bits per heavy atom. The van der Waals surface area contributed by atoms with Gasteiger partial charge in [-0.05, 0) is 63.2 Å². The molecule has 1 fully saturated rings. The fourth-order valence-electron chi connectivity index (χ4n) is 2.85. The van der Waals surface area contributed by atoms with Gasteiger partial charge in [-0.15, -0.1) is 12.4 Å². The minimum atomic E-state index is -0.411. The number of para-hydroxylation sites is 1. The Hall–Kier alpha value is -1.26. The highest BCUT2D eigenvalue weighted by atomic mass is 35.5. The number of amides is 1. The van der Waals surface area contributed by atoms with Crippen molar-refractivity contribution in [2.45, 2.75) is 45.6 Å². The van der Waals surface area contributed by atoms with Crippen LogP contribution in [0.2, 0.25) is 0 Å². The molecule has 23 heavy (non-hydrogen) atoms. The van der Waals surface area contributed by atoms with Crippen LogP contribution in [-0.2, 0) is 4.79 Å². The van der Waals surface area contributed by atoms with E-state index >= 15 is 0 Å². The lowest BCUT2D eigenvalue weighted by Gasteiger charge is -2.23. The van der Waals surface area contributed by atoms with Gasteiger partial charge in [0.15, 0.2) is 6.10 Å². The van der Waals surface area contributed by atoms with Gasteiger partial charge in [0.05, 0.1) is 0 Å². The number of carbonyl (C=O) groups is 1. The van der Waals surface area contributed by atoms with Gasteiger partial charge in [0.25, 0.3) is 5.91 Å². The summed E-state index contributed by atoms with van der Waals surface area (Å²) in [6, 6.07) is 7.82. The Morgan fingerprint density at radius 1 is 1.43 bits per heavy atom. The number of rotatable bonds is 7. The molecule has 0 saturated carbocycles. The molecule has 2 unspecified atom stereocenters. The zero-order chi connectivity index (χ0) is 15.8. The summed E-state index contributed by atoms with van der Waals surface area (Å²) in [4.78, 5) is 12.3. The molecule has 0 radical (unpaired) electrons. The molecule has 1 saturated heterocycles. The van der Waals surface area contributed by atoms with Crippen LogP contribution in [0.4, 0.5) is 0 Å². The van der Waals surface area contributed by atoms with Gasteiger partial charge in [-0.3, -0.25) is 4.79 Å². The lowest BCUT2D eigenvalue weighted by atomic mass is 9.96. The molecule has 130 valence electrons. The van der Waals surface area contributed by atoms with E-state index in [0.717, 1.165) is 37.4 Å². The van der Waals surface area contributed by atoms with E-state index in [1.165, 1.54) is 12.8 Å². The largest absolute Gasteiger partial charge is 0.480 e. The molecule has 0 aliphatic carbocycles. The molecule has 1 amide bonds. The number of hydrogen-bond donors (Lipinski definition) is 2. The van der Waals surface area contributed by atoms with Gasteiger partial charge in [-0.25, -0.2) is 0 Å². The molecular weight excluding hydrogens is 312 g/mol. The molecule has 0 aromatic heterocycles. The van der Waals surface area contributed by atoms with E-state index < -0.39 is 6.10 Å². The molecule has 1 aliphatic rings. The van der Waals surface area contributed by atoms with Crippen molar-refractivity contribution in [1.29, 1.82) is 0 Å². The van der Waals surface area contributed by atoms with E-state index in [1.54, 1.807) is 0 Å². The smallest absolute Gasteiger partial charge is 0.261 e. The first kappa shape index (κ1) is 19.8. The van der Waals surface area contributed by atoms with Gasteiger partial charge in [0, 0.05) is 6.54 Å². The van der Waals surface area contributed by atoms with E-state index in [9.17, 15) is 4.79 Å². The molecule has 1 aromatic carbocycles. The number of benzene rings is 1. The van der Waals surface area contributed by atoms with Crippen molar-refractivity contribution in [3.05, 3.63) is 29.8 Å². The lowest BCUT2D eigenvalue weighted by Crippen LogP contribution is -2.40. The average Bonchev–Trinajstić information content (AvgIpc) is 2.55. The summed E-state index contributed by atoms with van der Waals surface area (Å²) >= 11 is 0. The number of piperidine rings is 1. The van der Waals surface area contributed by atoms with Crippen LogP contribution in [0, 0.1) is 12.8 Å². The summed E-state index contributed by atoms with van der Waals surface area (Å²) in [5.74, 6) is 1.47. The molecule has 5 heteroatoms. The average molecular weight is 341 g/mol. The number of aryl methyl sites for hydroxylation is 1. The SMILES string of the molecule is CCC(Oc1ccccc1C)C(=O)NCCC1CCCNC1.Cl. The van der Waals surface area contributed by atoms with E-state index in [2.05, 4.69) is 10.6 Å². The van der Waals surface area contributed by atoms with Crippen molar-refractivity contribution in [2.75, 3.05) is 19.6 Å². The fourth-order valence-corrected chi connectivity index (χ4v) is 2.85. The second-order valence-corrected chi connectivity index (χ2v) is 6.07. The van der Waals surface area contributed by atoms with Crippen LogP contribution >= 0.6 is 12.4 Å². The molecule has 2 rings (SSSR count). The molecule has 0 spiro atoms. The molecule has 1 heterocycles. The van der Waals surface area contributed by atoms with Crippen molar-refractivity contribution >= 4 is 18.3 Å². The van der Waals surface area contributed by atoms with Crippen molar-refractivity contribution in [3.63, 3.8) is 0 Å². The molecule has 1 aliphatic heterocycles. The molecule has 1 aromatic rings. The highest BCUT2D eigenvalue weighted by Gasteiger charge is 2.19. The van der Waals surface area contributed by atoms with Crippen LogP contribution in [0.25, 0.3) is 0 Å². The maximum atomic E-state index is 12.3. The van der Waals surface area contributed by atoms with Crippen molar-refractivity contribution < 1.29 is 9.53 Å². The van der Waals surface area contributed by atoms with Crippen molar-refractivity contribution in [2.24, 2.45) is 5.92 Å². The second kappa shape index (κ2) is 10.5. The van der Waals surface area contributed by atoms with Gasteiger partial charge in [-0.1, -0.05) is 25.1 Å². The first-order valence-corrected chi connectivity index (χ1v) is 8.41. The first-order valence-electron chi connectivity index (χ1n) is 8.41. The maximum Gasteiger partial charge on any atom is 0.261 e. The summed E-state index contributed by atoms with van der Waals surface area (Å²) in [6.07, 6.45) is 3.81. The number of carbonyl (C=O) groups excluding carboxylic acids is 1. The molecular formula is C18H29ClN2O2. The van der Waals surface area contributed by atoms with Gasteiger partial charge >= 0.3 is 0 Å². The van der Waals surface area contributed by atoms with Gasteiger partial charge in [-0.2, -0.15) is 0 Å². The van der Waals surface area contributed by atoms with Gasteiger partial charge in [0.2, 0.25) is 0 Å². The van der Waals surface area contributed by atoms with Crippen LogP contribution in [0.5, 0.6) is 5.75 Å². The lowest BCUT2D eigenvalue weighted by molar-refractivity contribution is -0.128. The third-order valence-electron chi connectivity index (χ3n) is 4.28. The highest BCUT2D eigenvalue weighted by molar-refractivity contribution is 5.85. The third kappa shape index (κ3) is 6.40. The Balaban J connectivity index is 0.00000264. The van der Waals surface area contributed by atoms with Crippen molar-refractivity contribution in [1.82, 2.24) is 10.6 Å². The summed E-state index contributed by atoms with van der Waals surface area (Å²) in [7, 11) is 0. The summed E-state index contributed by atoms with van der Waals surface area (Å²) < 4.78 is 5.87. The van der Waals surface area contributed by atoms with E-state index in [4.69, 9.17) is 4.74 Å². The zero-order valence-electron chi connectivity index (χ0n) is 14.1. The Kier molecular flexibility index (Phi) is 9.03. The third-order valence-corrected chi connectivity index (χ3v) is 4.28. The van der Waals surface area contributed by atoms with E-state index in [0.29, 0.717) is 12.3 Å². The predicted octanol–water partition coefficient (Wildman–Crippen LogP) is 3.08. The molecule has 2 atom stereocenters. The molecule has 0 bridgehead atoms. The Labute approximate surface area is 145 Å². The predicted molar refractivity (Wildman–Crippen MR) is 96.4 cm³/mol. The van der Waals surface area contributed by atoms with Crippen molar-refractivity contribution in [3.8, 4) is 5.75 Å². The first-order chi connectivity index (χ1) is 10.7. The van der Waals surface area contributed by atoms with E-state index in [1.807, 2.05) is 38.1 Å². The fraction of sp³-hybridized carbons (Fsp3) is 0.611. The van der Waals surface area contributed by atoms with Crippen LogP contribution in [0.1, 0.15) is 38.2 Å². The number of hydrogen-bond acceptors (Lipinski definition) is 3. The van der Waals surface area contributed by atoms with E-state index in [-0.39, 0.29) is 18.3 Å². The standard InChI is InChI=1S/C18H28N2O2.ClH/c1-3-16(22-17-9-5-4-7-14(17)2)18(21)20-12-10-15-8-6-11-19-13-15;/h4-5,7,9,15-16,19H,3,6,8,10-13H2,1-2H3,(H,20,21);1H. The second-order valence-electron chi connectivity index (χ2n) is 6.07. The number of halogens is 1. The van der Waals surface area contributed by atoms with Gasteiger partial charge in [0.1, 0.15) is 5.75 Å². The zero-order valence-corrected chi connectivity index (χ0v) is 15.0. The molecule has 4 nitrogen and oxygen atoms in total. The summed E-state index contributed by atoms with van der Waals surface area (Å²) in [6.45, 7) is 6.92. The minimum Gasteiger partial charge on any atom is -0.480 e. The summed E-state index contributed by atoms with van der Waals surface area (Å²) in [5.41, 5.74) is 1.06. The van der Waals surface area contributed by atoms with Crippen LogP contribution in [0.3, 0.4) is 0 Å². The highest BCUT2D eigenvalue weighted by Crippen LogP contribution is 2.19. The Morgan fingerprint density at radius 3 is 2.87 bits per heavy atom. The number of ether oxygens (including phenoxy) is 1. The monoisotopic (exact) mass is 340 g/mol.